The maximum absolute atomic E-state index is 12.6. The second kappa shape index (κ2) is 9.05. The normalized spacial score (nSPS) is 11.8. The van der Waals surface area contributed by atoms with Crippen molar-refractivity contribution in [1.82, 2.24) is 5.48 Å². The number of carbonyl (C=O) groups is 1. The van der Waals surface area contributed by atoms with Crippen LogP contribution in [-0.4, -0.2) is 18.7 Å². The van der Waals surface area contributed by atoms with Gasteiger partial charge in [-0.05, 0) is 23.3 Å². The summed E-state index contributed by atoms with van der Waals surface area (Å²) in [6.07, 6.45) is -4.41. The molecule has 3 N–H and O–H groups in total. The molecule has 0 aliphatic carbocycles. The third-order valence-electron chi connectivity index (χ3n) is 3.67. The van der Waals surface area contributed by atoms with E-state index in [2.05, 4.69) is 22.1 Å². The minimum atomic E-state index is -4.41. The molecule has 0 bridgehead atoms. The van der Waals surface area contributed by atoms with Gasteiger partial charge in [-0.1, -0.05) is 48.1 Å². The van der Waals surface area contributed by atoms with Crippen LogP contribution in [0.4, 0.5) is 13.2 Å². The van der Waals surface area contributed by atoms with E-state index < -0.39 is 17.6 Å². The molecule has 0 aliphatic rings. The minimum Gasteiger partial charge on any atom is -0.398 e. The number of hydrogen-bond donors (Lipinski definition) is 2. The Kier molecular flexibility index (Phi) is 6.78. The first kappa shape index (κ1) is 21.0. The second-order valence-electron chi connectivity index (χ2n) is 5.59. The molecule has 0 unspecified atom stereocenters. The van der Waals surface area contributed by atoms with Crippen LogP contribution in [0, 0.1) is 0 Å². The molecule has 0 fully saturated rings. The number of benzene rings is 2. The molecule has 0 spiro atoms. The summed E-state index contributed by atoms with van der Waals surface area (Å²) >= 11 is 0. The van der Waals surface area contributed by atoms with Gasteiger partial charge < -0.3 is 10.6 Å². The number of hydrogen-bond acceptors (Lipinski definition) is 5. The smallest absolute Gasteiger partial charge is 0.398 e. The van der Waals surface area contributed by atoms with Crippen LogP contribution in [-0.2, 0) is 27.3 Å². The highest BCUT2D eigenvalue weighted by Crippen LogP contribution is 2.29. The number of hydroxylamine groups is 1. The monoisotopic (exact) mass is 393 g/mol. The molecule has 2 rings (SSSR count). The fraction of sp³-hybridized carbons (Fsp3) is 0.158. The summed E-state index contributed by atoms with van der Waals surface area (Å²) in [5.41, 5.74) is 8.79. The van der Waals surface area contributed by atoms with E-state index >= 15 is 0 Å². The lowest BCUT2D eigenvalue weighted by Crippen LogP contribution is -2.26. The van der Waals surface area contributed by atoms with Crippen LogP contribution in [0.2, 0.25) is 0 Å². The van der Waals surface area contributed by atoms with Gasteiger partial charge in [0, 0.05) is 5.56 Å². The molecule has 1 amide bonds. The molecule has 6 nitrogen and oxygen atoms in total. The zero-order valence-corrected chi connectivity index (χ0v) is 14.9. The van der Waals surface area contributed by atoms with Gasteiger partial charge in [0.15, 0.2) is 5.71 Å². The summed E-state index contributed by atoms with van der Waals surface area (Å²) < 4.78 is 37.8. The molecule has 0 aliphatic heterocycles. The number of nitrogens with zero attached hydrogens (tertiary/aromatic N) is 1. The van der Waals surface area contributed by atoms with E-state index in [1.807, 2.05) is 0 Å². The highest BCUT2D eigenvalue weighted by molar-refractivity contribution is 6.45. The van der Waals surface area contributed by atoms with Crippen LogP contribution in [0.15, 0.2) is 60.3 Å². The van der Waals surface area contributed by atoms with Gasteiger partial charge in [-0.3, -0.25) is 15.1 Å². The van der Waals surface area contributed by atoms with Gasteiger partial charge in [-0.2, -0.15) is 13.2 Å². The molecule has 2 aromatic rings. The minimum absolute atomic E-state index is 0.00580. The van der Waals surface area contributed by atoms with Crippen molar-refractivity contribution in [2.45, 2.75) is 12.8 Å². The Morgan fingerprint density at radius 1 is 1.18 bits per heavy atom. The Morgan fingerprint density at radius 2 is 1.82 bits per heavy atom. The molecule has 148 valence electrons. The van der Waals surface area contributed by atoms with Crippen molar-refractivity contribution in [2.75, 3.05) is 7.11 Å². The fourth-order valence-corrected chi connectivity index (χ4v) is 2.32. The van der Waals surface area contributed by atoms with Crippen molar-refractivity contribution in [1.29, 1.82) is 0 Å². The second-order valence-corrected chi connectivity index (χ2v) is 5.59. The van der Waals surface area contributed by atoms with Gasteiger partial charge in [0.25, 0.3) is 5.91 Å². The predicted octanol–water partition coefficient (Wildman–Crippen LogP) is 3.23. The van der Waals surface area contributed by atoms with E-state index in [-0.39, 0.29) is 18.0 Å². The molecule has 28 heavy (non-hydrogen) atoms. The van der Waals surface area contributed by atoms with E-state index in [0.29, 0.717) is 16.7 Å². The van der Waals surface area contributed by atoms with Crippen molar-refractivity contribution in [3.05, 3.63) is 77.4 Å². The SMILES string of the molecule is C=C(NOCc1ccccc1C(=NOC)C(N)=O)c1ccc(C(F)(F)F)cc1. The third-order valence-corrected chi connectivity index (χ3v) is 3.67. The fourth-order valence-electron chi connectivity index (χ4n) is 2.32. The molecular weight excluding hydrogens is 375 g/mol. The standard InChI is InChI=1S/C19H18F3N3O3/c1-12(13-7-9-15(10-8-13)19(20,21)22)24-28-11-14-5-3-4-6-16(14)17(18(23)26)25-27-2/h3-10,24H,1,11H2,2H3,(H2,23,26). The van der Waals surface area contributed by atoms with Gasteiger partial charge in [-0.25, -0.2) is 0 Å². The highest BCUT2D eigenvalue weighted by atomic mass is 19.4. The van der Waals surface area contributed by atoms with Gasteiger partial charge in [0.05, 0.1) is 11.3 Å². The Labute approximate surface area is 159 Å². The number of carbonyl (C=O) groups excluding carboxylic acids is 1. The summed E-state index contributed by atoms with van der Waals surface area (Å²) in [6, 6.07) is 11.2. The predicted molar refractivity (Wildman–Crippen MR) is 97.6 cm³/mol. The number of alkyl halides is 3. The van der Waals surface area contributed by atoms with Gasteiger partial charge in [0.1, 0.15) is 13.7 Å². The van der Waals surface area contributed by atoms with Crippen LogP contribution in [0.1, 0.15) is 22.3 Å². The molecule has 2 aromatic carbocycles. The quantitative estimate of drug-likeness (QED) is 0.533. The average Bonchev–Trinajstić information content (AvgIpc) is 2.66. The number of nitrogens with one attached hydrogen (secondary N) is 1. The largest absolute Gasteiger partial charge is 0.416 e. The Bertz CT molecular complexity index is 878. The Hall–Kier alpha value is -3.33. The lowest BCUT2D eigenvalue weighted by Gasteiger charge is -2.13. The number of nitrogens with two attached hydrogens (primary N) is 1. The number of oxime groups is 1. The third kappa shape index (κ3) is 5.34. The van der Waals surface area contributed by atoms with Crippen LogP contribution >= 0.6 is 0 Å². The van der Waals surface area contributed by atoms with Crippen LogP contribution in [0.25, 0.3) is 5.70 Å². The Balaban J connectivity index is 2.05. The number of halogens is 3. The highest BCUT2D eigenvalue weighted by Gasteiger charge is 2.30. The van der Waals surface area contributed by atoms with E-state index in [4.69, 9.17) is 10.6 Å². The van der Waals surface area contributed by atoms with Crippen LogP contribution in [0.3, 0.4) is 0 Å². The Morgan fingerprint density at radius 3 is 2.39 bits per heavy atom. The lowest BCUT2D eigenvalue weighted by atomic mass is 10.0. The summed E-state index contributed by atoms with van der Waals surface area (Å²) in [7, 11) is 1.29. The van der Waals surface area contributed by atoms with Gasteiger partial charge in [0.2, 0.25) is 0 Å². The maximum atomic E-state index is 12.6. The van der Waals surface area contributed by atoms with Crippen LogP contribution < -0.4 is 11.2 Å². The molecule has 0 saturated carbocycles. The molecule has 0 aromatic heterocycles. The van der Waals surface area contributed by atoms with E-state index in [1.165, 1.54) is 19.2 Å². The summed E-state index contributed by atoms with van der Waals surface area (Å²) in [5.74, 6) is -0.767. The van der Waals surface area contributed by atoms with Crippen molar-refractivity contribution in [2.24, 2.45) is 10.9 Å². The first-order chi connectivity index (χ1) is 13.2. The van der Waals surface area contributed by atoms with Gasteiger partial charge >= 0.3 is 6.18 Å². The topological polar surface area (TPSA) is 85.9 Å². The summed E-state index contributed by atoms with van der Waals surface area (Å²) in [6.45, 7) is 3.73. The maximum Gasteiger partial charge on any atom is 0.416 e. The molecule has 0 atom stereocenters. The first-order valence-electron chi connectivity index (χ1n) is 7.97. The molecule has 0 radical (unpaired) electrons. The number of amides is 1. The van der Waals surface area contributed by atoms with E-state index in [9.17, 15) is 18.0 Å². The van der Waals surface area contributed by atoms with E-state index in [0.717, 1.165) is 12.1 Å². The average molecular weight is 393 g/mol. The van der Waals surface area contributed by atoms with Gasteiger partial charge in [-0.15, -0.1) is 0 Å². The van der Waals surface area contributed by atoms with Crippen molar-refractivity contribution in [3.8, 4) is 0 Å². The zero-order valence-electron chi connectivity index (χ0n) is 14.9. The molecule has 0 heterocycles. The van der Waals surface area contributed by atoms with Crippen molar-refractivity contribution in [3.63, 3.8) is 0 Å². The number of primary amides is 1. The molecule has 0 saturated heterocycles. The van der Waals surface area contributed by atoms with Crippen molar-refractivity contribution >= 4 is 17.3 Å². The zero-order chi connectivity index (χ0) is 20.7. The number of rotatable bonds is 8. The molecular formula is C19H18F3N3O3. The first-order valence-corrected chi connectivity index (χ1v) is 7.97. The van der Waals surface area contributed by atoms with E-state index in [1.54, 1.807) is 24.3 Å². The molecule has 9 heteroatoms. The summed E-state index contributed by atoms with van der Waals surface area (Å²) in [4.78, 5) is 21.6. The lowest BCUT2D eigenvalue weighted by molar-refractivity contribution is -0.137. The summed E-state index contributed by atoms with van der Waals surface area (Å²) in [5, 5.41) is 3.63. The van der Waals surface area contributed by atoms with Crippen LogP contribution in [0.5, 0.6) is 0 Å². The van der Waals surface area contributed by atoms with Crippen molar-refractivity contribution < 1.29 is 27.6 Å².